The average molecular weight is 373 g/mol. The van der Waals surface area contributed by atoms with Crippen molar-refractivity contribution in [2.75, 3.05) is 25.9 Å². The zero-order valence-electron chi connectivity index (χ0n) is 13.8. The summed E-state index contributed by atoms with van der Waals surface area (Å²) in [4.78, 5) is 0. The van der Waals surface area contributed by atoms with Gasteiger partial charge in [-0.2, -0.15) is 0 Å². The van der Waals surface area contributed by atoms with Crippen LogP contribution in [0.1, 0.15) is 20.3 Å². The van der Waals surface area contributed by atoms with Gasteiger partial charge in [-0.1, -0.05) is 4.48 Å². The van der Waals surface area contributed by atoms with E-state index < -0.39 is 44.3 Å². The molecule has 1 aromatic carbocycles. The highest BCUT2D eigenvalue weighted by molar-refractivity contribution is 6.60. The predicted molar refractivity (Wildman–Crippen MR) is 80.1 cm³/mol. The van der Waals surface area contributed by atoms with Gasteiger partial charge >= 0.3 is 8.80 Å². The van der Waals surface area contributed by atoms with E-state index in [1.807, 2.05) is 0 Å². The molecule has 10 heteroatoms. The van der Waals surface area contributed by atoms with Gasteiger partial charge in [-0.15, -0.1) is 0 Å². The van der Waals surface area contributed by atoms with Gasteiger partial charge in [-0.25, -0.2) is 22.7 Å². The molecular formula is C14H20F5NO3Si. The molecule has 0 radical (unpaired) electrons. The smallest absolute Gasteiger partial charge is 0.377 e. The number of hydrogen-bond acceptors (Lipinski definition) is 4. The summed E-state index contributed by atoms with van der Waals surface area (Å²) in [6, 6.07) is 0.460. The van der Waals surface area contributed by atoms with Gasteiger partial charge in [0.05, 0.1) is 6.54 Å². The third kappa shape index (κ3) is 4.88. The predicted octanol–water partition coefficient (Wildman–Crippen LogP) is 3.98. The maximum atomic E-state index is 14.0. The fraction of sp³-hybridized carbons (Fsp3) is 0.571. The van der Waals surface area contributed by atoms with E-state index in [0.717, 1.165) is 0 Å². The first-order valence-electron chi connectivity index (χ1n) is 7.21. The van der Waals surface area contributed by atoms with E-state index in [1.165, 1.54) is 14.2 Å². The number of anilines is 1. The molecule has 0 aliphatic heterocycles. The number of halogens is 5. The van der Waals surface area contributed by atoms with Gasteiger partial charge in [0.1, 0.15) is 5.69 Å². The van der Waals surface area contributed by atoms with Gasteiger partial charge in [0.15, 0.2) is 23.3 Å². The van der Waals surface area contributed by atoms with Crippen LogP contribution in [0.15, 0.2) is 6.07 Å². The number of rotatable bonds is 9. The van der Waals surface area contributed by atoms with Crippen molar-refractivity contribution < 1.29 is 35.3 Å². The molecule has 0 fully saturated rings. The molecule has 0 heterocycles. The zero-order chi connectivity index (χ0) is 18.5. The van der Waals surface area contributed by atoms with Crippen molar-refractivity contribution in [1.82, 2.24) is 0 Å². The molecule has 0 aliphatic rings. The van der Waals surface area contributed by atoms with Crippen LogP contribution in [-0.2, 0) is 13.3 Å². The van der Waals surface area contributed by atoms with Gasteiger partial charge in [0, 0.05) is 32.4 Å². The van der Waals surface area contributed by atoms with Crippen LogP contribution in [0, 0.1) is 23.3 Å². The number of nitrogens with zero attached hydrogens (tertiary/aromatic N) is 1. The van der Waals surface area contributed by atoms with E-state index in [9.17, 15) is 22.0 Å². The van der Waals surface area contributed by atoms with Gasteiger partial charge in [0.25, 0.3) is 0 Å². The zero-order valence-corrected chi connectivity index (χ0v) is 14.8. The first-order chi connectivity index (χ1) is 11.2. The molecule has 0 spiro atoms. The van der Waals surface area contributed by atoms with E-state index in [0.29, 0.717) is 0 Å². The summed E-state index contributed by atoms with van der Waals surface area (Å²) in [5.74, 6) is -7.52. The molecule has 1 rings (SSSR count). The standard InChI is InChI=1S/C14H20F5NO3Si/c1-9(2)23-24(21-3,22-4)7-5-6-20(19)11-8-10(15)12(16)14(18)13(11)17/h8-9H,5-7H2,1-4H3. The van der Waals surface area contributed by atoms with Crippen LogP contribution < -0.4 is 5.12 Å². The van der Waals surface area contributed by atoms with Gasteiger partial charge in [-0.3, -0.25) is 0 Å². The first kappa shape index (κ1) is 20.8. The Bertz CT molecular complexity index is 558. The van der Waals surface area contributed by atoms with Crippen LogP contribution in [0.3, 0.4) is 0 Å². The highest BCUT2D eigenvalue weighted by Crippen LogP contribution is 2.27. The molecule has 138 valence electrons. The summed E-state index contributed by atoms with van der Waals surface area (Å²) >= 11 is 0. The summed E-state index contributed by atoms with van der Waals surface area (Å²) in [7, 11) is -0.217. The highest BCUT2D eigenvalue weighted by atomic mass is 28.4. The van der Waals surface area contributed by atoms with Crippen molar-refractivity contribution in [1.29, 1.82) is 0 Å². The number of benzene rings is 1. The Labute approximate surface area is 138 Å². The summed E-state index contributed by atoms with van der Waals surface area (Å²) in [5.41, 5.74) is -1.02. The average Bonchev–Trinajstić information content (AvgIpc) is 2.54. The second kappa shape index (κ2) is 8.74. The van der Waals surface area contributed by atoms with E-state index in [2.05, 4.69) is 0 Å². The Morgan fingerprint density at radius 3 is 2.12 bits per heavy atom. The lowest BCUT2D eigenvalue weighted by Crippen LogP contribution is -2.46. The summed E-state index contributed by atoms with van der Waals surface area (Å²) in [5, 5.41) is -0.194. The molecule has 0 aliphatic carbocycles. The Morgan fingerprint density at radius 1 is 1.04 bits per heavy atom. The molecule has 0 N–H and O–H groups in total. The molecule has 0 amide bonds. The minimum atomic E-state index is -3.01. The third-order valence-corrected chi connectivity index (χ3v) is 6.26. The molecule has 24 heavy (non-hydrogen) atoms. The Balaban J connectivity index is 2.77. The molecule has 0 unspecified atom stereocenters. The highest BCUT2D eigenvalue weighted by Gasteiger charge is 2.39. The van der Waals surface area contributed by atoms with Gasteiger partial charge < -0.3 is 13.3 Å². The number of hydrogen-bond donors (Lipinski definition) is 0. The fourth-order valence-corrected chi connectivity index (χ4v) is 4.29. The lowest BCUT2D eigenvalue weighted by Gasteiger charge is -2.28. The second-order valence-corrected chi connectivity index (χ2v) is 8.18. The van der Waals surface area contributed by atoms with Crippen molar-refractivity contribution in [3.05, 3.63) is 29.3 Å². The summed E-state index contributed by atoms with van der Waals surface area (Å²) in [6.45, 7) is 3.14. The Kier molecular flexibility index (Phi) is 7.58. The van der Waals surface area contributed by atoms with Crippen LogP contribution in [0.4, 0.5) is 27.7 Å². The van der Waals surface area contributed by atoms with Crippen molar-refractivity contribution in [2.24, 2.45) is 0 Å². The van der Waals surface area contributed by atoms with E-state index in [1.54, 1.807) is 13.8 Å². The quantitative estimate of drug-likeness (QED) is 0.215. The van der Waals surface area contributed by atoms with Crippen LogP contribution in [-0.4, -0.2) is 35.7 Å². The molecule has 0 aromatic heterocycles. The molecule has 1 aromatic rings. The maximum Gasteiger partial charge on any atom is 0.500 e. The molecule has 4 nitrogen and oxygen atoms in total. The molecule has 0 bridgehead atoms. The monoisotopic (exact) mass is 373 g/mol. The van der Waals surface area contributed by atoms with Gasteiger partial charge in [0.2, 0.25) is 0 Å². The molecule has 0 saturated carbocycles. The first-order valence-corrected chi connectivity index (χ1v) is 9.15. The van der Waals surface area contributed by atoms with E-state index in [4.69, 9.17) is 13.3 Å². The maximum absolute atomic E-state index is 14.0. The van der Waals surface area contributed by atoms with Crippen molar-refractivity contribution in [3.8, 4) is 0 Å². The normalized spacial score (nSPS) is 12.1. The topological polar surface area (TPSA) is 30.9 Å². The van der Waals surface area contributed by atoms with Crippen molar-refractivity contribution in [3.63, 3.8) is 0 Å². The van der Waals surface area contributed by atoms with Crippen LogP contribution in [0.25, 0.3) is 0 Å². The summed E-state index contributed by atoms with van der Waals surface area (Å²) < 4.78 is 82.8. The Morgan fingerprint density at radius 2 is 1.62 bits per heavy atom. The lowest BCUT2D eigenvalue weighted by molar-refractivity contribution is 0.0695. The van der Waals surface area contributed by atoms with Crippen LogP contribution in [0.2, 0.25) is 6.04 Å². The SMILES string of the molecule is CO[Si](CCCN(F)c1cc(F)c(F)c(F)c1F)(OC)OC(C)C. The molecular weight excluding hydrogens is 353 g/mol. The molecule has 0 saturated heterocycles. The lowest BCUT2D eigenvalue weighted by atomic mass is 10.2. The largest absolute Gasteiger partial charge is 0.500 e. The van der Waals surface area contributed by atoms with Crippen LogP contribution >= 0.6 is 0 Å². The second-order valence-electron chi connectivity index (χ2n) is 5.27. The van der Waals surface area contributed by atoms with E-state index in [-0.39, 0.29) is 29.8 Å². The fourth-order valence-electron chi connectivity index (χ4n) is 2.09. The minimum Gasteiger partial charge on any atom is -0.377 e. The van der Waals surface area contributed by atoms with Crippen LogP contribution in [0.5, 0.6) is 0 Å². The summed E-state index contributed by atoms with van der Waals surface area (Å²) in [6.07, 6.45) is -0.0900. The van der Waals surface area contributed by atoms with Gasteiger partial charge in [-0.05, 0) is 20.3 Å². The Hall–Kier alpha value is -1.23. The van der Waals surface area contributed by atoms with E-state index >= 15 is 0 Å². The van der Waals surface area contributed by atoms with Crippen molar-refractivity contribution in [2.45, 2.75) is 32.4 Å². The minimum absolute atomic E-state index is 0.0944. The van der Waals surface area contributed by atoms with Crippen molar-refractivity contribution >= 4 is 14.5 Å². The third-order valence-electron chi connectivity index (χ3n) is 3.22. The molecule has 0 atom stereocenters.